The van der Waals surface area contributed by atoms with Gasteiger partial charge in [0.1, 0.15) is 0 Å². The zero-order valence-electron chi connectivity index (χ0n) is 13.9. The average Bonchev–Trinajstić information content (AvgIpc) is 2.66. The van der Waals surface area contributed by atoms with Gasteiger partial charge in [-0.05, 0) is 12.1 Å². The van der Waals surface area contributed by atoms with Gasteiger partial charge in [0.15, 0.2) is 18.2 Å². The van der Waals surface area contributed by atoms with Gasteiger partial charge < -0.3 is 14.8 Å². The first kappa shape index (κ1) is 18.9. The van der Waals surface area contributed by atoms with Crippen LogP contribution in [0.3, 0.4) is 0 Å². The van der Waals surface area contributed by atoms with Crippen LogP contribution in [0.2, 0.25) is 0 Å². The third-order valence-electron chi connectivity index (χ3n) is 3.24. The number of benzene rings is 2. The number of urea groups is 1. The predicted octanol–water partition coefficient (Wildman–Crippen LogP) is 1.94. The Morgan fingerprint density at radius 3 is 2.35 bits per heavy atom. The number of imide groups is 1. The standard InChI is InChI=1S/C18H17FN2O5/c1-20-18(24)21-17(23)16(12-7-3-2-4-8-12)26-15(22)11-25-14-10-6-5-9-13(14)19/h2-10,16H,11H2,1H3,(H2,20,21,23,24)/t16-/m1/s1. The summed E-state index contributed by atoms with van der Waals surface area (Å²) in [5.74, 6) is -2.46. The number of ether oxygens (including phenoxy) is 2. The van der Waals surface area contributed by atoms with Gasteiger partial charge in [0.2, 0.25) is 6.10 Å². The van der Waals surface area contributed by atoms with Gasteiger partial charge in [-0.25, -0.2) is 14.0 Å². The summed E-state index contributed by atoms with van der Waals surface area (Å²) < 4.78 is 23.7. The van der Waals surface area contributed by atoms with Crippen LogP contribution < -0.4 is 15.4 Å². The zero-order chi connectivity index (χ0) is 18.9. The second-order valence-corrected chi connectivity index (χ2v) is 5.07. The number of para-hydroxylation sites is 1. The maximum atomic E-state index is 13.5. The number of hydrogen-bond acceptors (Lipinski definition) is 5. The monoisotopic (exact) mass is 360 g/mol. The fourth-order valence-corrected chi connectivity index (χ4v) is 2.00. The highest BCUT2D eigenvalue weighted by molar-refractivity contribution is 5.97. The molecular weight excluding hydrogens is 343 g/mol. The molecule has 0 unspecified atom stereocenters. The molecule has 0 aromatic heterocycles. The minimum Gasteiger partial charge on any atom is -0.479 e. The van der Waals surface area contributed by atoms with Crippen LogP contribution in [0.4, 0.5) is 9.18 Å². The predicted molar refractivity (Wildman–Crippen MR) is 89.8 cm³/mol. The van der Waals surface area contributed by atoms with E-state index in [0.717, 1.165) is 0 Å². The number of nitrogens with one attached hydrogen (secondary N) is 2. The largest absolute Gasteiger partial charge is 0.479 e. The van der Waals surface area contributed by atoms with E-state index in [2.05, 4.69) is 5.32 Å². The normalized spacial score (nSPS) is 11.2. The molecule has 136 valence electrons. The van der Waals surface area contributed by atoms with Crippen molar-refractivity contribution in [1.82, 2.24) is 10.6 Å². The van der Waals surface area contributed by atoms with Gasteiger partial charge >= 0.3 is 12.0 Å². The highest BCUT2D eigenvalue weighted by atomic mass is 19.1. The van der Waals surface area contributed by atoms with Crippen LogP contribution >= 0.6 is 0 Å². The van der Waals surface area contributed by atoms with Gasteiger partial charge in [0.05, 0.1) is 0 Å². The fraction of sp³-hybridized carbons (Fsp3) is 0.167. The molecule has 0 aliphatic rings. The van der Waals surface area contributed by atoms with Crippen LogP contribution in [0.1, 0.15) is 11.7 Å². The van der Waals surface area contributed by atoms with Gasteiger partial charge in [-0.1, -0.05) is 42.5 Å². The van der Waals surface area contributed by atoms with Gasteiger partial charge in [-0.2, -0.15) is 0 Å². The molecule has 7 nitrogen and oxygen atoms in total. The molecule has 2 aromatic rings. The van der Waals surface area contributed by atoms with E-state index in [4.69, 9.17) is 9.47 Å². The van der Waals surface area contributed by atoms with Crippen molar-refractivity contribution in [3.8, 4) is 5.75 Å². The quantitative estimate of drug-likeness (QED) is 0.768. The number of rotatable bonds is 6. The Balaban J connectivity index is 2.06. The van der Waals surface area contributed by atoms with Crippen molar-refractivity contribution in [3.63, 3.8) is 0 Å². The van der Waals surface area contributed by atoms with Crippen molar-refractivity contribution in [2.24, 2.45) is 0 Å². The zero-order valence-corrected chi connectivity index (χ0v) is 13.9. The molecule has 3 amide bonds. The maximum absolute atomic E-state index is 13.5. The first-order chi connectivity index (χ1) is 12.5. The van der Waals surface area contributed by atoms with Crippen molar-refractivity contribution in [3.05, 3.63) is 66.0 Å². The van der Waals surface area contributed by atoms with Gasteiger partial charge in [-0.15, -0.1) is 0 Å². The van der Waals surface area contributed by atoms with Crippen LogP contribution in [0, 0.1) is 5.82 Å². The third kappa shape index (κ3) is 5.30. The summed E-state index contributed by atoms with van der Waals surface area (Å²) in [6.07, 6.45) is -1.36. The van der Waals surface area contributed by atoms with Crippen molar-refractivity contribution in [2.75, 3.05) is 13.7 Å². The number of amides is 3. The molecule has 26 heavy (non-hydrogen) atoms. The summed E-state index contributed by atoms with van der Waals surface area (Å²) in [4.78, 5) is 35.6. The lowest BCUT2D eigenvalue weighted by atomic mass is 10.1. The fourth-order valence-electron chi connectivity index (χ4n) is 2.00. The molecule has 0 radical (unpaired) electrons. The van der Waals surface area contributed by atoms with Crippen molar-refractivity contribution in [2.45, 2.75) is 6.10 Å². The van der Waals surface area contributed by atoms with Gasteiger partial charge in [0.25, 0.3) is 5.91 Å². The highest BCUT2D eigenvalue weighted by Gasteiger charge is 2.26. The molecule has 0 aliphatic carbocycles. The highest BCUT2D eigenvalue weighted by Crippen LogP contribution is 2.19. The maximum Gasteiger partial charge on any atom is 0.345 e. The average molecular weight is 360 g/mol. The molecule has 0 spiro atoms. The minimum absolute atomic E-state index is 0.115. The Hall–Kier alpha value is -3.42. The molecule has 0 heterocycles. The third-order valence-corrected chi connectivity index (χ3v) is 3.24. The summed E-state index contributed by atoms with van der Waals surface area (Å²) >= 11 is 0. The molecule has 2 aromatic carbocycles. The summed E-state index contributed by atoms with van der Waals surface area (Å²) in [5.41, 5.74) is 0.369. The Bertz CT molecular complexity index is 782. The number of esters is 1. The lowest BCUT2D eigenvalue weighted by Crippen LogP contribution is -2.41. The van der Waals surface area contributed by atoms with Crippen LogP contribution in [-0.4, -0.2) is 31.6 Å². The molecule has 0 saturated heterocycles. The molecule has 0 saturated carbocycles. The van der Waals surface area contributed by atoms with Gasteiger partial charge in [0, 0.05) is 12.6 Å². The Morgan fingerprint density at radius 2 is 1.69 bits per heavy atom. The number of halogens is 1. The lowest BCUT2D eigenvalue weighted by molar-refractivity contribution is -0.158. The number of carbonyl (C=O) groups is 3. The Kier molecular flexibility index (Phi) is 6.67. The van der Waals surface area contributed by atoms with Crippen molar-refractivity contribution >= 4 is 17.9 Å². The van der Waals surface area contributed by atoms with E-state index < -0.39 is 36.4 Å². The first-order valence-electron chi connectivity index (χ1n) is 7.65. The summed E-state index contributed by atoms with van der Waals surface area (Å²) in [6, 6.07) is 13.0. The Morgan fingerprint density at radius 1 is 1.04 bits per heavy atom. The topological polar surface area (TPSA) is 93.7 Å². The van der Waals surface area contributed by atoms with E-state index >= 15 is 0 Å². The van der Waals surface area contributed by atoms with E-state index in [1.807, 2.05) is 5.32 Å². The molecule has 0 bridgehead atoms. The molecule has 0 aliphatic heterocycles. The first-order valence-corrected chi connectivity index (χ1v) is 7.65. The smallest absolute Gasteiger partial charge is 0.345 e. The van der Waals surface area contributed by atoms with E-state index in [1.54, 1.807) is 36.4 Å². The second kappa shape index (κ2) is 9.16. The summed E-state index contributed by atoms with van der Waals surface area (Å²) in [6.45, 7) is -0.600. The van der Waals surface area contributed by atoms with E-state index in [0.29, 0.717) is 5.56 Å². The van der Waals surface area contributed by atoms with Crippen LogP contribution in [0.15, 0.2) is 54.6 Å². The molecule has 2 N–H and O–H groups in total. The van der Waals surface area contributed by atoms with E-state index in [-0.39, 0.29) is 5.75 Å². The molecule has 2 rings (SSSR count). The summed E-state index contributed by atoms with van der Waals surface area (Å²) in [5, 5.41) is 4.28. The van der Waals surface area contributed by atoms with Crippen LogP contribution in [0.5, 0.6) is 5.75 Å². The molecule has 1 atom stereocenters. The number of carbonyl (C=O) groups excluding carboxylic acids is 3. The summed E-state index contributed by atoms with van der Waals surface area (Å²) in [7, 11) is 1.34. The number of hydrogen-bond donors (Lipinski definition) is 2. The Labute approximate surface area is 149 Å². The van der Waals surface area contributed by atoms with Crippen LogP contribution in [-0.2, 0) is 14.3 Å². The molecule has 0 fully saturated rings. The van der Waals surface area contributed by atoms with Gasteiger partial charge in [-0.3, -0.25) is 10.1 Å². The van der Waals surface area contributed by atoms with E-state index in [9.17, 15) is 18.8 Å². The van der Waals surface area contributed by atoms with E-state index in [1.165, 1.54) is 25.2 Å². The molecule has 8 heteroatoms. The molecular formula is C18H17FN2O5. The lowest BCUT2D eigenvalue weighted by Gasteiger charge is -2.17. The van der Waals surface area contributed by atoms with Crippen LogP contribution in [0.25, 0.3) is 0 Å². The SMILES string of the molecule is CNC(=O)NC(=O)[C@H](OC(=O)COc1ccccc1F)c1ccccc1. The second-order valence-electron chi connectivity index (χ2n) is 5.07. The minimum atomic E-state index is -1.36. The van der Waals surface area contributed by atoms with Crippen molar-refractivity contribution in [1.29, 1.82) is 0 Å². The van der Waals surface area contributed by atoms with Crippen molar-refractivity contribution < 1.29 is 28.2 Å².